The fourth-order valence-corrected chi connectivity index (χ4v) is 4.38. The molecule has 27 heavy (non-hydrogen) atoms. The van der Waals surface area contributed by atoms with Crippen molar-refractivity contribution < 1.29 is 4.92 Å². The minimum absolute atomic E-state index is 0.120. The van der Waals surface area contributed by atoms with Crippen molar-refractivity contribution in [3.05, 3.63) is 99.7 Å². The Hall–Kier alpha value is -2.76. The van der Waals surface area contributed by atoms with Gasteiger partial charge >= 0.3 is 0 Å². The van der Waals surface area contributed by atoms with Gasteiger partial charge < -0.3 is 4.57 Å². The summed E-state index contributed by atoms with van der Waals surface area (Å²) in [7, 11) is 0. The number of nitrogens with zero attached hydrogens (tertiary/aromatic N) is 2. The standard InChI is InChI=1S/C21H15ClN2O2S/c22-16-7-5-6-15(12-16)13-23-14-21(17-8-1-2-9-18(17)23)27-20-11-4-3-10-19(20)24(25)26/h1-12,14H,13H2. The summed E-state index contributed by atoms with van der Waals surface area (Å²) < 4.78 is 2.15. The van der Waals surface area contributed by atoms with Gasteiger partial charge in [0.2, 0.25) is 0 Å². The first-order valence-electron chi connectivity index (χ1n) is 8.35. The van der Waals surface area contributed by atoms with Gasteiger partial charge in [-0.05, 0) is 29.8 Å². The molecule has 1 aromatic heterocycles. The molecule has 1 heterocycles. The van der Waals surface area contributed by atoms with E-state index in [4.69, 9.17) is 11.6 Å². The van der Waals surface area contributed by atoms with Crippen LogP contribution in [0.15, 0.2) is 88.8 Å². The molecule has 0 spiro atoms. The number of nitro groups is 1. The molecule has 0 N–H and O–H groups in total. The van der Waals surface area contributed by atoms with Gasteiger partial charge in [-0.25, -0.2) is 0 Å². The smallest absolute Gasteiger partial charge is 0.283 e. The van der Waals surface area contributed by atoms with E-state index < -0.39 is 0 Å². The topological polar surface area (TPSA) is 48.1 Å². The Morgan fingerprint density at radius 3 is 2.56 bits per heavy atom. The Kier molecular flexibility index (Phi) is 4.88. The predicted molar refractivity (Wildman–Crippen MR) is 110 cm³/mol. The third-order valence-corrected chi connectivity index (χ3v) is 5.62. The number of fused-ring (bicyclic) bond motifs is 1. The molecule has 4 rings (SSSR count). The van der Waals surface area contributed by atoms with E-state index in [1.165, 1.54) is 17.8 Å². The summed E-state index contributed by atoms with van der Waals surface area (Å²) in [6.45, 7) is 0.679. The van der Waals surface area contributed by atoms with Crippen LogP contribution < -0.4 is 0 Å². The van der Waals surface area contributed by atoms with E-state index in [0.717, 1.165) is 21.4 Å². The predicted octanol–water partition coefficient (Wildman–Crippen LogP) is 6.40. The van der Waals surface area contributed by atoms with E-state index in [2.05, 4.69) is 10.6 Å². The Morgan fingerprint density at radius 2 is 1.74 bits per heavy atom. The van der Waals surface area contributed by atoms with Crippen LogP contribution >= 0.6 is 23.4 Å². The summed E-state index contributed by atoms with van der Waals surface area (Å²) >= 11 is 7.53. The Bertz CT molecular complexity index is 1140. The third-order valence-electron chi connectivity index (χ3n) is 4.28. The second-order valence-corrected chi connectivity index (χ2v) is 7.62. The Balaban J connectivity index is 1.75. The van der Waals surface area contributed by atoms with Crippen LogP contribution in [-0.2, 0) is 6.54 Å². The Morgan fingerprint density at radius 1 is 0.963 bits per heavy atom. The highest BCUT2D eigenvalue weighted by atomic mass is 35.5. The maximum Gasteiger partial charge on any atom is 0.283 e. The van der Waals surface area contributed by atoms with Crippen LogP contribution in [0.5, 0.6) is 0 Å². The van der Waals surface area contributed by atoms with Gasteiger partial charge in [-0.3, -0.25) is 10.1 Å². The lowest BCUT2D eigenvalue weighted by molar-refractivity contribution is -0.387. The molecule has 6 heteroatoms. The first-order chi connectivity index (χ1) is 13.1. The quantitative estimate of drug-likeness (QED) is 0.290. The van der Waals surface area contributed by atoms with E-state index in [0.29, 0.717) is 16.5 Å². The van der Waals surface area contributed by atoms with Crippen molar-refractivity contribution in [3.8, 4) is 0 Å². The first kappa shape index (κ1) is 17.6. The van der Waals surface area contributed by atoms with Crippen LogP contribution in [0.25, 0.3) is 10.9 Å². The van der Waals surface area contributed by atoms with Crippen molar-refractivity contribution >= 4 is 40.0 Å². The van der Waals surface area contributed by atoms with Crippen molar-refractivity contribution in [1.29, 1.82) is 0 Å². The van der Waals surface area contributed by atoms with Crippen molar-refractivity contribution in [2.75, 3.05) is 0 Å². The van der Waals surface area contributed by atoms with Gasteiger partial charge in [0.1, 0.15) is 0 Å². The van der Waals surface area contributed by atoms with Gasteiger partial charge in [-0.15, -0.1) is 0 Å². The number of benzene rings is 3. The molecule has 4 aromatic rings. The lowest BCUT2D eigenvalue weighted by Gasteiger charge is -2.05. The summed E-state index contributed by atoms with van der Waals surface area (Å²) in [5.74, 6) is 0. The van der Waals surface area contributed by atoms with Crippen LogP contribution in [0.4, 0.5) is 5.69 Å². The van der Waals surface area contributed by atoms with Crippen LogP contribution in [0, 0.1) is 10.1 Å². The molecule has 0 aliphatic carbocycles. The average molecular weight is 395 g/mol. The van der Waals surface area contributed by atoms with E-state index >= 15 is 0 Å². The molecular formula is C21H15ClN2O2S. The first-order valence-corrected chi connectivity index (χ1v) is 9.55. The monoisotopic (exact) mass is 394 g/mol. The molecule has 0 fully saturated rings. The van der Waals surface area contributed by atoms with Gasteiger partial charge in [-0.1, -0.05) is 65.8 Å². The van der Waals surface area contributed by atoms with E-state index in [1.54, 1.807) is 12.1 Å². The van der Waals surface area contributed by atoms with Gasteiger partial charge in [0.15, 0.2) is 0 Å². The molecule has 3 aromatic carbocycles. The van der Waals surface area contributed by atoms with Crippen LogP contribution in [0.1, 0.15) is 5.56 Å². The largest absolute Gasteiger partial charge is 0.342 e. The fraction of sp³-hybridized carbons (Fsp3) is 0.0476. The zero-order chi connectivity index (χ0) is 18.8. The molecule has 0 aliphatic heterocycles. The maximum absolute atomic E-state index is 11.3. The highest BCUT2D eigenvalue weighted by molar-refractivity contribution is 7.99. The molecule has 0 saturated heterocycles. The van der Waals surface area contributed by atoms with Gasteiger partial charge in [0, 0.05) is 39.6 Å². The summed E-state index contributed by atoms with van der Waals surface area (Å²) in [4.78, 5) is 12.6. The van der Waals surface area contributed by atoms with Crippen molar-refractivity contribution in [3.63, 3.8) is 0 Å². The second-order valence-electron chi connectivity index (χ2n) is 6.10. The lowest BCUT2D eigenvalue weighted by atomic mass is 10.2. The molecule has 0 saturated carbocycles. The number of hydrogen-bond acceptors (Lipinski definition) is 3. The van der Waals surface area contributed by atoms with Gasteiger partial charge in [0.25, 0.3) is 5.69 Å². The Labute approximate surface area is 165 Å². The number of hydrogen-bond donors (Lipinski definition) is 0. The molecule has 0 bridgehead atoms. The van der Waals surface area contributed by atoms with Crippen LogP contribution in [0.3, 0.4) is 0 Å². The van der Waals surface area contributed by atoms with Crippen molar-refractivity contribution in [2.45, 2.75) is 16.3 Å². The van der Waals surface area contributed by atoms with E-state index in [-0.39, 0.29) is 10.6 Å². The lowest BCUT2D eigenvalue weighted by Crippen LogP contribution is -1.97. The molecule has 0 radical (unpaired) electrons. The zero-order valence-electron chi connectivity index (χ0n) is 14.2. The highest BCUT2D eigenvalue weighted by Gasteiger charge is 2.16. The summed E-state index contributed by atoms with van der Waals surface area (Å²) in [6.07, 6.45) is 2.05. The van der Waals surface area contributed by atoms with Gasteiger partial charge in [-0.2, -0.15) is 0 Å². The third kappa shape index (κ3) is 3.70. The molecule has 4 nitrogen and oxygen atoms in total. The summed E-state index contributed by atoms with van der Waals surface area (Å²) in [6, 6.07) is 22.7. The van der Waals surface area contributed by atoms with Crippen LogP contribution in [-0.4, -0.2) is 9.49 Å². The van der Waals surface area contributed by atoms with E-state index in [9.17, 15) is 10.1 Å². The van der Waals surface area contributed by atoms with Gasteiger partial charge in [0.05, 0.1) is 9.82 Å². The molecular weight excluding hydrogens is 380 g/mol. The number of nitro benzene ring substituents is 1. The minimum atomic E-state index is -0.340. The molecule has 0 atom stereocenters. The number of rotatable bonds is 5. The maximum atomic E-state index is 11.3. The molecule has 0 aliphatic rings. The van der Waals surface area contributed by atoms with E-state index in [1.807, 2.05) is 54.7 Å². The average Bonchev–Trinajstić information content (AvgIpc) is 3.00. The zero-order valence-corrected chi connectivity index (χ0v) is 15.8. The van der Waals surface area contributed by atoms with Crippen molar-refractivity contribution in [1.82, 2.24) is 4.57 Å². The number of para-hydroxylation sites is 2. The van der Waals surface area contributed by atoms with Crippen LogP contribution in [0.2, 0.25) is 5.02 Å². The highest BCUT2D eigenvalue weighted by Crippen LogP contribution is 2.39. The van der Waals surface area contributed by atoms with Crippen molar-refractivity contribution in [2.24, 2.45) is 0 Å². The minimum Gasteiger partial charge on any atom is -0.342 e. The SMILES string of the molecule is O=[N+]([O-])c1ccccc1Sc1cn(Cc2cccc(Cl)c2)c2ccccc12. The number of aromatic nitrogens is 1. The fourth-order valence-electron chi connectivity index (χ4n) is 3.07. The normalized spacial score (nSPS) is 11.0. The molecule has 0 amide bonds. The molecule has 0 unspecified atom stereocenters. The summed E-state index contributed by atoms with van der Waals surface area (Å²) in [5, 5.41) is 13.1. The second kappa shape index (κ2) is 7.47. The summed E-state index contributed by atoms with van der Waals surface area (Å²) in [5.41, 5.74) is 2.30. The number of halogens is 1. The molecule has 134 valence electrons.